The predicted octanol–water partition coefficient (Wildman–Crippen LogP) is 6.15. The maximum absolute atomic E-state index is 16.1. The molecule has 2 heterocycles. The van der Waals surface area contributed by atoms with Gasteiger partial charge in [0.05, 0.1) is 24.6 Å². The van der Waals surface area contributed by atoms with Gasteiger partial charge >= 0.3 is 19.5 Å². The minimum atomic E-state index is -5.03. The average Bonchev–Trinajstić information content (AvgIpc) is 3.97. The van der Waals surface area contributed by atoms with E-state index in [1.165, 1.54) is 38.4 Å². The minimum Gasteiger partial charge on any atom is -0.492 e. The summed E-state index contributed by atoms with van der Waals surface area (Å²) in [7, 11) is -7.99. The molecule has 1 aliphatic carbocycles. The van der Waals surface area contributed by atoms with Crippen LogP contribution >= 0.6 is 15.0 Å². The molecule has 312 valence electrons. The third-order valence-corrected chi connectivity index (χ3v) is 17.8. The summed E-state index contributed by atoms with van der Waals surface area (Å²) in [5.74, 6) is -2.95. The minimum absolute atomic E-state index is 0.0161. The number of hydrogen-bond acceptors (Lipinski definition) is 10. The molecule has 0 radical (unpaired) electrons. The molecule has 1 saturated carbocycles. The van der Waals surface area contributed by atoms with E-state index < -0.39 is 60.1 Å². The number of hydrogen-bond donors (Lipinski definition) is 3. The highest BCUT2D eigenvalue weighted by molar-refractivity contribution is 7.80. The van der Waals surface area contributed by atoms with E-state index in [4.69, 9.17) is 14.0 Å². The van der Waals surface area contributed by atoms with Crippen molar-refractivity contribution in [3.63, 3.8) is 0 Å². The van der Waals surface area contributed by atoms with Crippen LogP contribution in [0.3, 0.4) is 0 Å². The van der Waals surface area contributed by atoms with E-state index in [0.717, 1.165) is 18.9 Å². The van der Waals surface area contributed by atoms with Crippen LogP contribution in [0.1, 0.15) is 103 Å². The molecular formula is C39H52FN3O12P2. The molecule has 2 atom stereocenters. The molecule has 2 fully saturated rings. The summed E-state index contributed by atoms with van der Waals surface area (Å²) < 4.78 is 62.8. The first-order valence-electron chi connectivity index (χ1n) is 19.0. The summed E-state index contributed by atoms with van der Waals surface area (Å²) in [5, 5.41) is 9.60. The summed E-state index contributed by atoms with van der Waals surface area (Å²) in [6, 6.07) is 4.75. The molecule has 1 aliphatic heterocycles. The molecule has 2 aromatic carbocycles. The highest BCUT2D eigenvalue weighted by atomic mass is 31.2. The Balaban J connectivity index is 1.48. The topological polar surface area (TPSA) is 202 Å². The van der Waals surface area contributed by atoms with Crippen molar-refractivity contribution in [2.45, 2.75) is 103 Å². The van der Waals surface area contributed by atoms with Gasteiger partial charge in [0.1, 0.15) is 17.0 Å². The maximum atomic E-state index is 16.1. The number of piperazine rings is 1. The summed E-state index contributed by atoms with van der Waals surface area (Å²) in [4.78, 5) is 74.0. The van der Waals surface area contributed by atoms with Gasteiger partial charge in [0.2, 0.25) is 18.7 Å². The van der Waals surface area contributed by atoms with Crippen LogP contribution in [-0.4, -0.2) is 86.5 Å². The van der Waals surface area contributed by atoms with Crippen LogP contribution in [0.2, 0.25) is 0 Å². The molecule has 2 aliphatic rings. The van der Waals surface area contributed by atoms with Gasteiger partial charge in [-0.3, -0.25) is 23.5 Å². The SMILES string of the molecule is CCOP(=O)(c1ccc(OC(C)=O)c(C(C)(C)CC(=O)N2CCN(c3c(F)cc4c(=O)c(C(=O)O)cn(C5CC5)c4c3OC)CC2C)c1)C(CC)(CC)P(=O)(O)O. The van der Waals surface area contributed by atoms with Crippen LogP contribution in [0.25, 0.3) is 10.9 Å². The molecule has 3 N–H and O–H groups in total. The zero-order chi connectivity index (χ0) is 42.4. The van der Waals surface area contributed by atoms with Gasteiger partial charge in [-0.25, -0.2) is 9.18 Å². The summed E-state index contributed by atoms with van der Waals surface area (Å²) in [5.41, 5.74) is -1.67. The first-order chi connectivity index (χ1) is 26.6. The second kappa shape index (κ2) is 16.3. The Morgan fingerprint density at radius 1 is 1.04 bits per heavy atom. The number of carboxylic acids is 1. The summed E-state index contributed by atoms with van der Waals surface area (Å²) in [6.45, 7) is 11.6. The smallest absolute Gasteiger partial charge is 0.341 e. The largest absolute Gasteiger partial charge is 0.492 e. The van der Waals surface area contributed by atoms with Crippen molar-refractivity contribution >= 4 is 54.7 Å². The Morgan fingerprint density at radius 2 is 1.68 bits per heavy atom. The van der Waals surface area contributed by atoms with Gasteiger partial charge in [0.25, 0.3) is 0 Å². The van der Waals surface area contributed by atoms with E-state index in [1.807, 2.05) is 6.92 Å². The van der Waals surface area contributed by atoms with Crippen molar-refractivity contribution in [3.05, 3.63) is 57.6 Å². The van der Waals surface area contributed by atoms with Crippen LogP contribution in [0.5, 0.6) is 11.5 Å². The quantitative estimate of drug-likeness (QED) is 0.0896. The molecule has 15 nitrogen and oxygen atoms in total. The number of fused-ring (bicyclic) bond motifs is 1. The Labute approximate surface area is 330 Å². The lowest BCUT2D eigenvalue weighted by Crippen LogP contribution is -2.55. The fourth-order valence-corrected chi connectivity index (χ4v) is 13.5. The lowest BCUT2D eigenvalue weighted by molar-refractivity contribution is -0.134. The van der Waals surface area contributed by atoms with Crippen LogP contribution in [0, 0.1) is 5.82 Å². The van der Waals surface area contributed by atoms with Crippen LogP contribution < -0.4 is 25.1 Å². The van der Waals surface area contributed by atoms with Crippen LogP contribution in [0.15, 0.2) is 35.3 Å². The van der Waals surface area contributed by atoms with Gasteiger partial charge in [-0.2, -0.15) is 0 Å². The number of carbonyl (C=O) groups is 3. The molecule has 1 saturated heterocycles. The van der Waals surface area contributed by atoms with Crippen molar-refractivity contribution in [1.29, 1.82) is 0 Å². The second-order valence-electron chi connectivity index (χ2n) is 15.4. The Bertz CT molecular complexity index is 2240. The van der Waals surface area contributed by atoms with Gasteiger partial charge in [0, 0.05) is 67.5 Å². The number of aromatic carboxylic acids is 1. The Hall–Kier alpha value is -4.07. The average molecular weight is 836 g/mol. The van der Waals surface area contributed by atoms with Crippen molar-refractivity contribution in [1.82, 2.24) is 9.47 Å². The van der Waals surface area contributed by atoms with Crippen molar-refractivity contribution in [2.75, 3.05) is 38.3 Å². The lowest BCUT2D eigenvalue weighted by Gasteiger charge is -2.42. The molecule has 1 aromatic heterocycles. The summed E-state index contributed by atoms with van der Waals surface area (Å²) in [6.07, 6.45) is 2.36. The number of amides is 1. The van der Waals surface area contributed by atoms with E-state index in [-0.39, 0.29) is 85.3 Å². The Morgan fingerprint density at radius 3 is 2.19 bits per heavy atom. The van der Waals surface area contributed by atoms with Gasteiger partial charge in [-0.1, -0.05) is 27.7 Å². The zero-order valence-electron chi connectivity index (χ0n) is 33.5. The fourth-order valence-electron chi connectivity index (χ4n) is 8.17. The third kappa shape index (κ3) is 7.91. The number of methoxy groups -OCH3 is 1. The molecule has 5 rings (SSSR count). The van der Waals surface area contributed by atoms with Crippen molar-refractivity contribution in [2.24, 2.45) is 0 Å². The number of aromatic nitrogens is 1. The first kappa shape index (κ1) is 44.0. The van der Waals surface area contributed by atoms with Crippen molar-refractivity contribution in [3.8, 4) is 11.5 Å². The lowest BCUT2D eigenvalue weighted by atomic mass is 9.80. The van der Waals surface area contributed by atoms with E-state index in [0.29, 0.717) is 11.1 Å². The highest BCUT2D eigenvalue weighted by Crippen LogP contribution is 2.75. The molecule has 18 heteroatoms. The first-order valence-corrected chi connectivity index (χ1v) is 22.2. The number of carbonyl (C=O) groups excluding carboxylic acids is 2. The molecule has 0 spiro atoms. The maximum Gasteiger partial charge on any atom is 0.341 e. The molecule has 57 heavy (non-hydrogen) atoms. The van der Waals surface area contributed by atoms with Gasteiger partial charge in [-0.05, 0) is 63.8 Å². The standard InChI is InChI=1S/C39H52FN3O12P2/c1-9-39(10-2,57(50,51)52)56(49,54-11-3)26-14-15-31(55-24(5)44)29(18-26)38(6,7)20-32(45)42-17-16-41(21-23(42)4)34-30(40)19-27-33(36(34)53-8)43(25-12-13-25)22-28(35(27)46)37(47)48/h14-15,18-19,22-23,25H,9-13,16-17,20-21H2,1-8H3,(H,47,48)(H2,50,51,52). The van der Waals surface area contributed by atoms with E-state index in [2.05, 4.69) is 0 Å². The summed E-state index contributed by atoms with van der Waals surface area (Å²) >= 11 is 0. The highest BCUT2D eigenvalue weighted by Gasteiger charge is 2.59. The number of benzene rings is 2. The Kier molecular flexibility index (Phi) is 12.6. The van der Waals surface area contributed by atoms with Gasteiger partial charge in [0.15, 0.2) is 16.5 Å². The van der Waals surface area contributed by atoms with E-state index in [1.54, 1.807) is 49.0 Å². The molecular weight excluding hydrogens is 783 g/mol. The number of anilines is 1. The molecule has 2 unspecified atom stereocenters. The van der Waals surface area contributed by atoms with Crippen LogP contribution in [-0.2, 0) is 28.7 Å². The van der Waals surface area contributed by atoms with Gasteiger partial charge in [-0.15, -0.1) is 0 Å². The number of rotatable bonds is 15. The fraction of sp³-hybridized carbons (Fsp3) is 0.538. The second-order valence-corrected chi connectivity index (χ2v) is 20.4. The number of ether oxygens (including phenoxy) is 2. The van der Waals surface area contributed by atoms with Crippen molar-refractivity contribution < 1.29 is 56.8 Å². The monoisotopic (exact) mass is 835 g/mol. The number of halogens is 1. The molecule has 3 aromatic rings. The zero-order valence-corrected chi connectivity index (χ0v) is 35.3. The van der Waals surface area contributed by atoms with Crippen LogP contribution in [0.4, 0.5) is 10.1 Å². The normalized spacial score (nSPS) is 17.7. The number of pyridine rings is 1. The predicted molar refractivity (Wildman–Crippen MR) is 213 cm³/mol. The number of esters is 1. The third-order valence-electron chi connectivity index (χ3n) is 11.2. The van der Waals surface area contributed by atoms with E-state index in [9.17, 15) is 43.2 Å². The number of nitrogens with zero attached hydrogens (tertiary/aromatic N) is 3. The van der Waals surface area contributed by atoms with E-state index >= 15 is 4.39 Å². The number of carboxylic acid groups (broad SMARTS) is 1. The molecule has 1 amide bonds. The van der Waals surface area contributed by atoms with Gasteiger partial charge < -0.3 is 43.3 Å². The molecule has 0 bridgehead atoms.